The molecule has 2 rings (SSSR count). The van der Waals surface area contributed by atoms with Crippen LogP contribution in [0.2, 0.25) is 0 Å². The Balaban J connectivity index is 2.07. The highest BCUT2D eigenvalue weighted by Gasteiger charge is 2.11. The second-order valence-corrected chi connectivity index (χ2v) is 4.03. The van der Waals surface area contributed by atoms with Crippen molar-refractivity contribution in [3.8, 4) is 11.5 Å². The molecule has 0 atom stereocenters. The van der Waals surface area contributed by atoms with Crippen LogP contribution in [0.15, 0.2) is 28.8 Å². The van der Waals surface area contributed by atoms with E-state index < -0.39 is 6.61 Å². The van der Waals surface area contributed by atoms with Crippen LogP contribution >= 0.6 is 0 Å². The first-order chi connectivity index (χ1) is 9.58. The summed E-state index contributed by atoms with van der Waals surface area (Å²) in [5, 5.41) is 6.86. The fraction of sp³-hybridized carbons (Fsp3) is 0.308. The fourth-order valence-electron chi connectivity index (χ4n) is 1.67. The van der Waals surface area contributed by atoms with E-state index in [0.29, 0.717) is 18.0 Å². The van der Waals surface area contributed by atoms with Crippen molar-refractivity contribution in [1.29, 1.82) is 0 Å². The van der Waals surface area contributed by atoms with Gasteiger partial charge in [0.2, 0.25) is 0 Å². The monoisotopic (exact) mass is 284 g/mol. The zero-order chi connectivity index (χ0) is 14.5. The molecular formula is C13H14F2N2O3. The summed E-state index contributed by atoms with van der Waals surface area (Å²) in [6.45, 7) is -0.701. The Morgan fingerprint density at radius 2 is 2.10 bits per heavy atom. The second-order valence-electron chi connectivity index (χ2n) is 4.03. The number of benzene rings is 1. The number of nitrogens with one attached hydrogen (secondary N) is 1. The molecule has 1 aromatic heterocycles. The predicted octanol–water partition coefficient (Wildman–Crippen LogP) is 3.21. The molecule has 0 fully saturated rings. The number of aryl methyl sites for hydroxylation is 1. The molecule has 0 aliphatic heterocycles. The van der Waals surface area contributed by atoms with Crippen LogP contribution in [-0.4, -0.2) is 18.9 Å². The Kier molecular flexibility index (Phi) is 4.39. The number of alkyl halides is 2. The maximum atomic E-state index is 12.3. The molecule has 0 saturated heterocycles. The predicted molar refractivity (Wildman–Crippen MR) is 68.2 cm³/mol. The number of halogens is 2. The molecule has 1 N–H and O–H groups in total. The normalized spacial score (nSPS) is 10.7. The topological polar surface area (TPSA) is 56.5 Å². The van der Waals surface area contributed by atoms with Crippen LogP contribution in [0, 0.1) is 6.92 Å². The molecular weight excluding hydrogens is 270 g/mol. The van der Waals surface area contributed by atoms with E-state index in [9.17, 15) is 8.78 Å². The number of aromatic nitrogens is 1. The highest BCUT2D eigenvalue weighted by molar-refractivity contribution is 5.54. The Morgan fingerprint density at radius 3 is 2.70 bits per heavy atom. The third-order valence-electron chi connectivity index (χ3n) is 2.53. The van der Waals surface area contributed by atoms with Gasteiger partial charge in [-0.25, -0.2) is 0 Å². The molecule has 0 radical (unpaired) electrons. The first kappa shape index (κ1) is 14.1. The quantitative estimate of drug-likeness (QED) is 0.882. The van der Waals surface area contributed by atoms with E-state index in [4.69, 9.17) is 9.26 Å². The molecule has 0 aliphatic carbocycles. The van der Waals surface area contributed by atoms with Crippen LogP contribution in [0.1, 0.15) is 11.5 Å². The number of hydrogen-bond acceptors (Lipinski definition) is 5. The summed E-state index contributed by atoms with van der Waals surface area (Å²) in [5.74, 6) is 0.926. The third-order valence-corrected chi connectivity index (χ3v) is 2.53. The zero-order valence-corrected chi connectivity index (χ0v) is 11.0. The van der Waals surface area contributed by atoms with Crippen LogP contribution in [0.3, 0.4) is 0 Å². The number of rotatable bonds is 6. The van der Waals surface area contributed by atoms with Gasteiger partial charge in [-0.15, -0.1) is 0 Å². The molecule has 0 aliphatic rings. The van der Waals surface area contributed by atoms with Crippen LogP contribution < -0.4 is 14.8 Å². The molecule has 0 saturated carbocycles. The SMILES string of the molecule is COc1ccc(NCc2cc(C)on2)cc1OC(F)F. The molecule has 108 valence electrons. The zero-order valence-electron chi connectivity index (χ0n) is 11.0. The second kappa shape index (κ2) is 6.23. The van der Waals surface area contributed by atoms with Gasteiger partial charge in [-0.2, -0.15) is 8.78 Å². The molecule has 2 aromatic rings. The van der Waals surface area contributed by atoms with E-state index >= 15 is 0 Å². The molecule has 1 aromatic carbocycles. The summed E-state index contributed by atoms with van der Waals surface area (Å²) in [6, 6.07) is 6.48. The van der Waals surface area contributed by atoms with Crippen LogP contribution in [-0.2, 0) is 6.54 Å². The van der Waals surface area contributed by atoms with E-state index in [2.05, 4.69) is 15.2 Å². The lowest BCUT2D eigenvalue weighted by Crippen LogP contribution is -2.05. The van der Waals surface area contributed by atoms with Gasteiger partial charge in [-0.05, 0) is 19.1 Å². The average Bonchev–Trinajstić information content (AvgIpc) is 2.82. The average molecular weight is 284 g/mol. The van der Waals surface area contributed by atoms with Crippen LogP contribution in [0.5, 0.6) is 11.5 Å². The van der Waals surface area contributed by atoms with Crippen LogP contribution in [0.25, 0.3) is 0 Å². The molecule has 5 nitrogen and oxygen atoms in total. The lowest BCUT2D eigenvalue weighted by molar-refractivity contribution is -0.0511. The van der Waals surface area contributed by atoms with Gasteiger partial charge in [-0.3, -0.25) is 0 Å². The molecule has 0 unspecified atom stereocenters. The number of hydrogen-bond donors (Lipinski definition) is 1. The van der Waals surface area contributed by atoms with E-state index in [1.165, 1.54) is 13.2 Å². The van der Waals surface area contributed by atoms with Gasteiger partial charge in [0.15, 0.2) is 11.5 Å². The van der Waals surface area contributed by atoms with Gasteiger partial charge < -0.3 is 19.3 Å². The van der Waals surface area contributed by atoms with Crippen LogP contribution in [0.4, 0.5) is 14.5 Å². The standard InChI is InChI=1S/C13H14F2N2O3/c1-8-5-10(17-20-8)7-16-9-3-4-11(18-2)12(6-9)19-13(14)15/h3-6,13,16H,7H2,1-2H3. The lowest BCUT2D eigenvalue weighted by Gasteiger charge is -2.12. The summed E-state index contributed by atoms with van der Waals surface area (Å²) in [4.78, 5) is 0. The van der Waals surface area contributed by atoms with Gasteiger partial charge >= 0.3 is 6.61 Å². The molecule has 0 bridgehead atoms. The summed E-state index contributed by atoms with van der Waals surface area (Å²) in [6.07, 6.45) is 0. The minimum Gasteiger partial charge on any atom is -0.493 e. The minimum atomic E-state index is -2.91. The largest absolute Gasteiger partial charge is 0.493 e. The lowest BCUT2D eigenvalue weighted by atomic mass is 10.2. The Bertz CT molecular complexity index is 572. The van der Waals surface area contributed by atoms with Gasteiger partial charge in [-0.1, -0.05) is 5.16 Å². The number of methoxy groups -OCH3 is 1. The molecule has 0 amide bonds. The van der Waals surface area contributed by atoms with Gasteiger partial charge in [0.05, 0.1) is 13.7 Å². The Morgan fingerprint density at radius 1 is 1.30 bits per heavy atom. The number of nitrogens with zero attached hydrogens (tertiary/aromatic N) is 1. The van der Waals surface area contributed by atoms with Crippen molar-refractivity contribution < 1.29 is 22.8 Å². The number of anilines is 1. The van der Waals surface area contributed by atoms with Gasteiger partial charge in [0, 0.05) is 17.8 Å². The van der Waals surface area contributed by atoms with Crippen molar-refractivity contribution in [2.45, 2.75) is 20.1 Å². The van der Waals surface area contributed by atoms with Crippen molar-refractivity contribution in [1.82, 2.24) is 5.16 Å². The fourth-order valence-corrected chi connectivity index (χ4v) is 1.67. The number of ether oxygens (including phenoxy) is 2. The van der Waals surface area contributed by atoms with Crippen molar-refractivity contribution >= 4 is 5.69 Å². The summed E-state index contributed by atoms with van der Waals surface area (Å²) < 4.78 is 38.9. The van der Waals surface area contributed by atoms with E-state index in [1.54, 1.807) is 25.1 Å². The van der Waals surface area contributed by atoms with E-state index in [1.807, 2.05) is 0 Å². The molecule has 20 heavy (non-hydrogen) atoms. The van der Waals surface area contributed by atoms with Gasteiger partial charge in [0.1, 0.15) is 11.5 Å². The maximum Gasteiger partial charge on any atom is 0.387 e. The Labute approximate surface area is 114 Å². The van der Waals surface area contributed by atoms with Gasteiger partial charge in [0.25, 0.3) is 0 Å². The van der Waals surface area contributed by atoms with E-state index in [0.717, 1.165) is 5.69 Å². The first-order valence-electron chi connectivity index (χ1n) is 5.87. The maximum absolute atomic E-state index is 12.3. The van der Waals surface area contributed by atoms with Crippen molar-refractivity contribution in [3.05, 3.63) is 35.7 Å². The molecule has 0 spiro atoms. The highest BCUT2D eigenvalue weighted by atomic mass is 19.3. The molecule has 7 heteroatoms. The van der Waals surface area contributed by atoms with E-state index in [-0.39, 0.29) is 11.5 Å². The summed E-state index contributed by atoms with van der Waals surface area (Å²) >= 11 is 0. The molecule has 1 heterocycles. The summed E-state index contributed by atoms with van der Waals surface area (Å²) in [7, 11) is 1.39. The minimum absolute atomic E-state index is 0.0242. The van der Waals surface area contributed by atoms with Crippen molar-refractivity contribution in [3.63, 3.8) is 0 Å². The highest BCUT2D eigenvalue weighted by Crippen LogP contribution is 2.31. The third kappa shape index (κ3) is 3.59. The smallest absolute Gasteiger partial charge is 0.387 e. The Hall–Kier alpha value is -2.31. The summed E-state index contributed by atoms with van der Waals surface area (Å²) in [5.41, 5.74) is 1.33. The van der Waals surface area contributed by atoms with Crippen molar-refractivity contribution in [2.24, 2.45) is 0 Å². The first-order valence-corrected chi connectivity index (χ1v) is 5.87. The van der Waals surface area contributed by atoms with Crippen molar-refractivity contribution in [2.75, 3.05) is 12.4 Å².